The van der Waals surface area contributed by atoms with Crippen molar-refractivity contribution in [3.8, 4) is 0 Å². The monoisotopic (exact) mass is 194 g/mol. The maximum atomic E-state index is 10.5. The Morgan fingerprint density at radius 2 is 1.75 bits per heavy atom. The van der Waals surface area contributed by atoms with Crippen LogP contribution in [0.15, 0.2) is 0 Å². The first-order valence-corrected chi connectivity index (χ1v) is 5.87. The third-order valence-corrected chi connectivity index (χ3v) is 1.96. The number of hydrogen-bond acceptors (Lipinski definition) is 3. The summed E-state index contributed by atoms with van der Waals surface area (Å²) in [6.07, 6.45) is 2.84. The summed E-state index contributed by atoms with van der Waals surface area (Å²) in [5.74, 6) is 0. The molecule has 0 rings (SSSR count). The second kappa shape index (κ2) is 4.23. The molecule has 0 atom stereocenters. The summed E-state index contributed by atoms with van der Waals surface area (Å²) in [5.41, 5.74) is 0.251. The molecule has 0 aromatic heterocycles. The lowest BCUT2D eigenvalue weighted by molar-refractivity contribution is 0.274. The molecule has 0 heterocycles. The molecule has 0 saturated heterocycles. The van der Waals surface area contributed by atoms with E-state index in [4.69, 9.17) is 0 Å². The van der Waals surface area contributed by atoms with Gasteiger partial charge in [-0.1, -0.05) is 20.8 Å². The Bertz CT molecular complexity index is 211. The second-order valence-corrected chi connectivity index (χ2v) is 5.83. The van der Waals surface area contributed by atoms with Crippen molar-refractivity contribution in [3.05, 3.63) is 0 Å². The van der Waals surface area contributed by atoms with E-state index < -0.39 is 10.1 Å². The maximum Gasteiger partial charge on any atom is 0.264 e. The molecule has 0 aliphatic rings. The molecule has 0 N–H and O–H groups in total. The zero-order valence-electron chi connectivity index (χ0n) is 8.25. The van der Waals surface area contributed by atoms with Crippen molar-refractivity contribution in [3.63, 3.8) is 0 Å². The fraction of sp³-hybridized carbons (Fsp3) is 1.00. The Balaban J connectivity index is 3.48. The highest BCUT2D eigenvalue weighted by molar-refractivity contribution is 7.85. The molecule has 0 unspecified atom stereocenters. The summed E-state index contributed by atoms with van der Waals surface area (Å²) in [7, 11) is -3.24. The SMILES string of the molecule is CC(C)(C)CCCOS(C)(=O)=O. The standard InChI is InChI=1S/C8H18O3S/c1-8(2,3)6-5-7-11-12(4,9)10/h5-7H2,1-4H3. The molecular formula is C8H18O3S. The smallest absolute Gasteiger partial charge is 0.264 e. The quantitative estimate of drug-likeness (QED) is 0.506. The van der Waals surface area contributed by atoms with Crippen LogP contribution < -0.4 is 0 Å². The molecule has 12 heavy (non-hydrogen) atoms. The molecule has 0 saturated carbocycles. The molecule has 0 aliphatic heterocycles. The topological polar surface area (TPSA) is 43.4 Å². The van der Waals surface area contributed by atoms with Gasteiger partial charge in [0.25, 0.3) is 10.1 Å². The first-order valence-electron chi connectivity index (χ1n) is 4.05. The van der Waals surface area contributed by atoms with Crippen LogP contribution in [-0.4, -0.2) is 21.3 Å². The van der Waals surface area contributed by atoms with Crippen molar-refractivity contribution in [2.45, 2.75) is 33.6 Å². The van der Waals surface area contributed by atoms with Gasteiger partial charge in [0.05, 0.1) is 12.9 Å². The first-order chi connectivity index (χ1) is 5.21. The Hall–Kier alpha value is -0.0900. The van der Waals surface area contributed by atoms with Gasteiger partial charge in [-0.25, -0.2) is 0 Å². The molecule has 0 amide bonds. The normalized spacial score (nSPS) is 13.3. The highest BCUT2D eigenvalue weighted by Gasteiger charge is 2.10. The third kappa shape index (κ3) is 9.91. The van der Waals surface area contributed by atoms with Crippen molar-refractivity contribution >= 4 is 10.1 Å². The van der Waals surface area contributed by atoms with E-state index in [2.05, 4.69) is 25.0 Å². The van der Waals surface area contributed by atoms with Crippen LogP contribution in [-0.2, 0) is 14.3 Å². The van der Waals surface area contributed by atoms with Gasteiger partial charge in [-0.3, -0.25) is 4.18 Å². The van der Waals surface area contributed by atoms with Crippen molar-refractivity contribution < 1.29 is 12.6 Å². The molecule has 0 aromatic rings. The molecule has 74 valence electrons. The lowest BCUT2D eigenvalue weighted by atomic mass is 9.91. The minimum atomic E-state index is -3.24. The van der Waals surface area contributed by atoms with Gasteiger partial charge in [-0.2, -0.15) is 8.42 Å². The fourth-order valence-electron chi connectivity index (χ4n) is 0.813. The van der Waals surface area contributed by atoms with Crippen LogP contribution in [0.4, 0.5) is 0 Å². The summed E-state index contributed by atoms with van der Waals surface area (Å²) in [5, 5.41) is 0. The number of rotatable bonds is 4. The Morgan fingerprint density at radius 3 is 2.08 bits per heavy atom. The second-order valence-electron chi connectivity index (χ2n) is 4.19. The predicted molar refractivity (Wildman–Crippen MR) is 49.5 cm³/mol. The summed E-state index contributed by atoms with van der Waals surface area (Å²) in [4.78, 5) is 0. The van der Waals surface area contributed by atoms with Crippen molar-refractivity contribution in [2.75, 3.05) is 12.9 Å². The van der Waals surface area contributed by atoms with E-state index in [1.807, 2.05) is 0 Å². The fourth-order valence-corrected chi connectivity index (χ4v) is 1.23. The largest absolute Gasteiger partial charge is 0.270 e. The first kappa shape index (κ1) is 11.9. The van der Waals surface area contributed by atoms with E-state index >= 15 is 0 Å². The number of hydrogen-bond donors (Lipinski definition) is 0. The van der Waals surface area contributed by atoms with Crippen molar-refractivity contribution in [1.29, 1.82) is 0 Å². The molecule has 0 radical (unpaired) electrons. The summed E-state index contributed by atoms with van der Waals surface area (Å²) >= 11 is 0. The van der Waals surface area contributed by atoms with Crippen LogP contribution in [0, 0.1) is 5.41 Å². The highest BCUT2D eigenvalue weighted by Crippen LogP contribution is 2.20. The molecule has 3 nitrogen and oxygen atoms in total. The van der Waals surface area contributed by atoms with E-state index in [0.29, 0.717) is 6.61 Å². The van der Waals surface area contributed by atoms with Gasteiger partial charge in [-0.15, -0.1) is 0 Å². The molecule has 0 bridgehead atoms. The third-order valence-electron chi connectivity index (χ3n) is 1.37. The van der Waals surface area contributed by atoms with Gasteiger partial charge in [0, 0.05) is 0 Å². The van der Waals surface area contributed by atoms with Crippen LogP contribution in [0.1, 0.15) is 33.6 Å². The van der Waals surface area contributed by atoms with Crippen LogP contribution in [0.2, 0.25) is 0 Å². The molecule has 0 fully saturated rings. The summed E-state index contributed by atoms with van der Waals surface area (Å²) < 4.78 is 25.7. The highest BCUT2D eigenvalue weighted by atomic mass is 32.2. The average Bonchev–Trinajstić information content (AvgIpc) is 1.76. The van der Waals surface area contributed by atoms with Gasteiger partial charge in [0.2, 0.25) is 0 Å². The van der Waals surface area contributed by atoms with Gasteiger partial charge in [-0.05, 0) is 18.3 Å². The molecule has 4 heteroatoms. The van der Waals surface area contributed by atoms with E-state index in [-0.39, 0.29) is 5.41 Å². The Morgan fingerprint density at radius 1 is 1.25 bits per heavy atom. The average molecular weight is 194 g/mol. The molecule has 0 aliphatic carbocycles. The molecule has 0 aromatic carbocycles. The molecular weight excluding hydrogens is 176 g/mol. The molecule has 0 spiro atoms. The minimum Gasteiger partial charge on any atom is -0.270 e. The zero-order chi connectivity index (χ0) is 9.83. The van der Waals surface area contributed by atoms with Gasteiger partial charge < -0.3 is 0 Å². The van der Waals surface area contributed by atoms with Gasteiger partial charge in [0.1, 0.15) is 0 Å². The van der Waals surface area contributed by atoms with E-state index in [1.54, 1.807) is 0 Å². The maximum absolute atomic E-state index is 10.5. The van der Waals surface area contributed by atoms with E-state index in [9.17, 15) is 8.42 Å². The Kier molecular flexibility index (Phi) is 4.20. The predicted octanol–water partition coefficient (Wildman–Crippen LogP) is 1.79. The van der Waals surface area contributed by atoms with Crippen LogP contribution in [0.5, 0.6) is 0 Å². The van der Waals surface area contributed by atoms with Gasteiger partial charge >= 0.3 is 0 Å². The van der Waals surface area contributed by atoms with Gasteiger partial charge in [0.15, 0.2) is 0 Å². The summed E-state index contributed by atoms with van der Waals surface area (Å²) in [6, 6.07) is 0. The van der Waals surface area contributed by atoms with Crippen molar-refractivity contribution in [1.82, 2.24) is 0 Å². The van der Waals surface area contributed by atoms with Crippen LogP contribution in [0.3, 0.4) is 0 Å². The minimum absolute atomic E-state index is 0.251. The van der Waals surface area contributed by atoms with E-state index in [1.165, 1.54) is 0 Å². The van der Waals surface area contributed by atoms with Crippen LogP contribution in [0.25, 0.3) is 0 Å². The lowest BCUT2D eigenvalue weighted by Crippen LogP contribution is -2.09. The van der Waals surface area contributed by atoms with Crippen LogP contribution >= 0.6 is 0 Å². The summed E-state index contributed by atoms with van der Waals surface area (Å²) in [6.45, 7) is 6.66. The lowest BCUT2D eigenvalue weighted by Gasteiger charge is -2.17. The van der Waals surface area contributed by atoms with Crippen molar-refractivity contribution in [2.24, 2.45) is 5.41 Å². The van der Waals surface area contributed by atoms with E-state index in [0.717, 1.165) is 19.1 Å². The zero-order valence-corrected chi connectivity index (χ0v) is 9.07. The Labute approximate surface area is 75.2 Å².